The van der Waals surface area contributed by atoms with Crippen molar-refractivity contribution in [2.45, 2.75) is 39.0 Å². The Balaban J connectivity index is 2.09. The minimum Gasteiger partial charge on any atom is -0.242 e. The van der Waals surface area contributed by atoms with Crippen molar-refractivity contribution in [3.8, 4) is 11.3 Å². The van der Waals surface area contributed by atoms with Crippen LogP contribution in [-0.4, -0.2) is 19.9 Å². The minimum atomic E-state index is -3.44. The van der Waals surface area contributed by atoms with Gasteiger partial charge in [-0.05, 0) is 30.9 Å². The highest BCUT2D eigenvalue weighted by molar-refractivity contribution is 7.89. The number of hydrogen-bond acceptors (Lipinski definition) is 4. The van der Waals surface area contributed by atoms with Crippen molar-refractivity contribution in [3.05, 3.63) is 34.7 Å². The van der Waals surface area contributed by atoms with E-state index in [1.165, 1.54) is 0 Å². The van der Waals surface area contributed by atoms with Gasteiger partial charge >= 0.3 is 0 Å². The van der Waals surface area contributed by atoms with E-state index < -0.39 is 10.0 Å². The average Bonchev–Trinajstić information content (AvgIpc) is 2.84. The number of rotatable bonds is 5. The zero-order chi connectivity index (χ0) is 16.4. The van der Waals surface area contributed by atoms with Gasteiger partial charge in [0.1, 0.15) is 0 Å². The van der Waals surface area contributed by atoms with Crippen LogP contribution in [-0.2, 0) is 10.0 Å². The molecule has 0 unspecified atom stereocenters. The molecule has 1 aromatic carbocycles. The highest BCUT2D eigenvalue weighted by atomic mass is 32.2. The third-order valence-electron chi connectivity index (χ3n) is 3.25. The van der Waals surface area contributed by atoms with Crippen LogP contribution in [0.2, 0.25) is 0 Å². The molecule has 0 fully saturated rings. The quantitative estimate of drug-likeness (QED) is 0.901. The Morgan fingerprint density at radius 2 is 1.82 bits per heavy atom. The molecule has 22 heavy (non-hydrogen) atoms. The third-order valence-corrected chi connectivity index (χ3v) is 5.50. The van der Waals surface area contributed by atoms with Crippen LogP contribution in [0.3, 0.4) is 0 Å². The van der Waals surface area contributed by atoms with E-state index in [0.717, 1.165) is 22.7 Å². The van der Waals surface area contributed by atoms with Crippen LogP contribution in [0.5, 0.6) is 0 Å². The van der Waals surface area contributed by atoms with E-state index in [-0.39, 0.29) is 10.3 Å². The second-order valence-corrected chi connectivity index (χ2v) is 9.31. The molecule has 0 atom stereocenters. The van der Waals surface area contributed by atoms with Crippen molar-refractivity contribution in [1.82, 2.24) is 9.71 Å². The minimum absolute atomic E-state index is 0.106. The first-order chi connectivity index (χ1) is 10.2. The molecule has 0 spiro atoms. The molecule has 0 saturated carbocycles. The number of sulfonamides is 1. The van der Waals surface area contributed by atoms with Crippen molar-refractivity contribution in [2.75, 3.05) is 6.54 Å². The molecule has 1 aromatic heterocycles. The van der Waals surface area contributed by atoms with Gasteiger partial charge in [0, 0.05) is 17.5 Å². The summed E-state index contributed by atoms with van der Waals surface area (Å²) >= 11 is 1.58. The van der Waals surface area contributed by atoms with Gasteiger partial charge in [0.25, 0.3) is 0 Å². The number of nitrogens with zero attached hydrogens (tertiary/aromatic N) is 1. The van der Waals surface area contributed by atoms with E-state index in [4.69, 9.17) is 0 Å². The van der Waals surface area contributed by atoms with Gasteiger partial charge in [-0.15, -0.1) is 11.3 Å². The van der Waals surface area contributed by atoms with Crippen LogP contribution >= 0.6 is 11.3 Å². The molecule has 0 radical (unpaired) electrons. The molecule has 0 aliphatic heterocycles. The van der Waals surface area contributed by atoms with Gasteiger partial charge in [0.2, 0.25) is 10.0 Å². The summed E-state index contributed by atoms with van der Waals surface area (Å²) in [5.41, 5.74) is 1.92. The van der Waals surface area contributed by atoms with Crippen LogP contribution in [0.4, 0.5) is 0 Å². The maximum Gasteiger partial charge on any atom is 0.240 e. The molecule has 0 aliphatic rings. The van der Waals surface area contributed by atoms with Gasteiger partial charge in [0.05, 0.1) is 15.6 Å². The molecular formula is C16H22N2O2S2. The number of hydrogen-bond donors (Lipinski definition) is 1. The smallest absolute Gasteiger partial charge is 0.240 e. The standard InChI is InChI=1S/C16H22N2O2S2/c1-12-18-15(11-21-12)13-5-7-14(8-6-13)22(19,20)17-10-9-16(2,3)4/h5-8,11,17H,9-10H2,1-4H3. The zero-order valence-corrected chi connectivity index (χ0v) is 15.0. The average molecular weight is 338 g/mol. The molecule has 0 bridgehead atoms. The molecule has 2 rings (SSSR count). The van der Waals surface area contributed by atoms with E-state index in [1.54, 1.807) is 35.6 Å². The van der Waals surface area contributed by atoms with E-state index in [1.807, 2.05) is 12.3 Å². The SMILES string of the molecule is Cc1nc(-c2ccc(S(=O)(=O)NCCC(C)(C)C)cc2)cs1. The summed E-state index contributed by atoms with van der Waals surface area (Å²) < 4.78 is 27.1. The fourth-order valence-corrected chi connectivity index (χ4v) is 3.60. The maximum atomic E-state index is 12.2. The summed E-state index contributed by atoms with van der Waals surface area (Å²) in [6.45, 7) is 8.66. The summed E-state index contributed by atoms with van der Waals surface area (Å²) in [7, 11) is -3.44. The van der Waals surface area contributed by atoms with E-state index in [9.17, 15) is 8.42 Å². The van der Waals surface area contributed by atoms with E-state index in [0.29, 0.717) is 6.54 Å². The van der Waals surface area contributed by atoms with Gasteiger partial charge in [0.15, 0.2) is 0 Å². The van der Waals surface area contributed by atoms with Crippen LogP contribution in [0.25, 0.3) is 11.3 Å². The summed E-state index contributed by atoms with van der Waals surface area (Å²) in [6, 6.07) is 6.85. The van der Waals surface area contributed by atoms with Crippen molar-refractivity contribution in [3.63, 3.8) is 0 Å². The van der Waals surface area contributed by atoms with E-state index in [2.05, 4.69) is 30.5 Å². The monoisotopic (exact) mass is 338 g/mol. The van der Waals surface area contributed by atoms with Gasteiger partial charge < -0.3 is 0 Å². The lowest BCUT2D eigenvalue weighted by molar-refractivity contribution is 0.378. The summed E-state index contributed by atoms with van der Waals surface area (Å²) in [6.07, 6.45) is 0.794. The number of benzene rings is 1. The normalized spacial score (nSPS) is 12.5. The second kappa shape index (κ2) is 6.48. The first-order valence-electron chi connectivity index (χ1n) is 7.20. The fraction of sp³-hybridized carbons (Fsp3) is 0.438. The van der Waals surface area contributed by atoms with Gasteiger partial charge in [-0.2, -0.15) is 0 Å². The van der Waals surface area contributed by atoms with Crippen LogP contribution < -0.4 is 4.72 Å². The van der Waals surface area contributed by atoms with Crippen molar-refractivity contribution >= 4 is 21.4 Å². The van der Waals surface area contributed by atoms with Gasteiger partial charge in [-0.3, -0.25) is 0 Å². The maximum absolute atomic E-state index is 12.2. The van der Waals surface area contributed by atoms with Crippen LogP contribution in [0, 0.1) is 12.3 Å². The lowest BCUT2D eigenvalue weighted by atomic mass is 9.93. The first kappa shape index (κ1) is 17.1. The largest absolute Gasteiger partial charge is 0.242 e. The molecule has 2 aromatic rings. The van der Waals surface area contributed by atoms with Gasteiger partial charge in [-0.25, -0.2) is 18.1 Å². The predicted octanol–water partition coefficient (Wildman–Crippen LogP) is 3.83. The van der Waals surface area contributed by atoms with Crippen molar-refractivity contribution in [1.29, 1.82) is 0 Å². The molecule has 0 aliphatic carbocycles. The Hall–Kier alpha value is -1.24. The summed E-state index contributed by atoms with van der Waals surface area (Å²) in [4.78, 5) is 4.69. The Morgan fingerprint density at radius 3 is 2.32 bits per heavy atom. The highest BCUT2D eigenvalue weighted by Gasteiger charge is 2.16. The molecule has 120 valence electrons. The Kier molecular flexibility index (Phi) is 5.04. The van der Waals surface area contributed by atoms with E-state index >= 15 is 0 Å². The second-order valence-electron chi connectivity index (χ2n) is 6.48. The Bertz CT molecular complexity index is 726. The predicted molar refractivity (Wildman–Crippen MR) is 91.5 cm³/mol. The Morgan fingerprint density at radius 1 is 1.18 bits per heavy atom. The van der Waals surface area contributed by atoms with Crippen LogP contribution in [0.1, 0.15) is 32.2 Å². The lowest BCUT2D eigenvalue weighted by Gasteiger charge is -2.18. The molecule has 1 N–H and O–H groups in total. The molecule has 1 heterocycles. The number of nitrogens with one attached hydrogen (secondary N) is 1. The third kappa shape index (κ3) is 4.63. The number of thiazole rings is 1. The fourth-order valence-electron chi connectivity index (χ4n) is 1.94. The van der Waals surface area contributed by atoms with Crippen LogP contribution in [0.15, 0.2) is 34.5 Å². The first-order valence-corrected chi connectivity index (χ1v) is 9.56. The number of aromatic nitrogens is 1. The molecule has 6 heteroatoms. The van der Waals surface area contributed by atoms with Crippen molar-refractivity contribution in [2.24, 2.45) is 5.41 Å². The van der Waals surface area contributed by atoms with Crippen molar-refractivity contribution < 1.29 is 8.42 Å². The summed E-state index contributed by atoms with van der Waals surface area (Å²) in [5.74, 6) is 0. The Labute approximate surface area is 136 Å². The van der Waals surface area contributed by atoms with Gasteiger partial charge in [-0.1, -0.05) is 32.9 Å². The molecule has 4 nitrogen and oxygen atoms in total. The summed E-state index contributed by atoms with van der Waals surface area (Å²) in [5, 5.41) is 2.97. The molecular weight excluding hydrogens is 316 g/mol. The lowest BCUT2D eigenvalue weighted by Crippen LogP contribution is -2.27. The molecule has 0 saturated heterocycles. The zero-order valence-electron chi connectivity index (χ0n) is 13.4. The topological polar surface area (TPSA) is 59.1 Å². The highest BCUT2D eigenvalue weighted by Crippen LogP contribution is 2.23. The number of aryl methyl sites for hydroxylation is 1. The molecule has 0 amide bonds.